The first kappa shape index (κ1) is 20.3. The second-order valence-electron chi connectivity index (χ2n) is 7.49. The van der Waals surface area contributed by atoms with Gasteiger partial charge in [-0.2, -0.15) is 11.8 Å². The fourth-order valence-electron chi connectivity index (χ4n) is 3.80. The van der Waals surface area contributed by atoms with Crippen LogP contribution in [0.15, 0.2) is 47.8 Å². The standard InChI is InChI=1S/C23H27N3OS2/c1-17-13-22(18(2)26(17)16-21-7-4-10-29-21)23(27)24-20-6-3-5-19(14-20)15-25-8-11-28-12-9-25/h3-7,10,13-14H,8-9,11-12,15-16H2,1-2H3,(H,24,27). The molecule has 3 aromatic rings. The van der Waals surface area contributed by atoms with Crippen LogP contribution < -0.4 is 5.32 Å². The summed E-state index contributed by atoms with van der Waals surface area (Å²) in [4.78, 5) is 16.7. The molecule has 3 heterocycles. The maximum absolute atomic E-state index is 13.0. The Morgan fingerprint density at radius 3 is 2.66 bits per heavy atom. The lowest BCUT2D eigenvalue weighted by Crippen LogP contribution is -2.31. The molecule has 2 aromatic heterocycles. The zero-order valence-electron chi connectivity index (χ0n) is 17.0. The Labute approximate surface area is 180 Å². The first-order valence-electron chi connectivity index (χ1n) is 9.99. The fraction of sp³-hybridized carbons (Fsp3) is 0.348. The molecule has 29 heavy (non-hydrogen) atoms. The third kappa shape index (κ3) is 4.94. The van der Waals surface area contributed by atoms with E-state index >= 15 is 0 Å². The number of anilines is 1. The summed E-state index contributed by atoms with van der Waals surface area (Å²) in [7, 11) is 0. The van der Waals surface area contributed by atoms with Crippen LogP contribution >= 0.6 is 23.1 Å². The van der Waals surface area contributed by atoms with Crippen LogP contribution in [0.2, 0.25) is 0 Å². The highest BCUT2D eigenvalue weighted by atomic mass is 32.2. The van der Waals surface area contributed by atoms with E-state index in [4.69, 9.17) is 0 Å². The Morgan fingerprint density at radius 1 is 1.07 bits per heavy atom. The van der Waals surface area contributed by atoms with Crippen molar-refractivity contribution in [2.75, 3.05) is 29.9 Å². The average molecular weight is 426 g/mol. The molecule has 152 valence electrons. The van der Waals surface area contributed by atoms with Crippen LogP contribution in [0, 0.1) is 13.8 Å². The van der Waals surface area contributed by atoms with Crippen molar-refractivity contribution in [3.63, 3.8) is 0 Å². The van der Waals surface area contributed by atoms with Gasteiger partial charge >= 0.3 is 0 Å². The third-order valence-corrected chi connectivity index (χ3v) is 7.21. The minimum atomic E-state index is -0.0398. The monoisotopic (exact) mass is 425 g/mol. The fourth-order valence-corrected chi connectivity index (χ4v) is 5.47. The molecule has 1 aliphatic heterocycles. The van der Waals surface area contributed by atoms with Crippen molar-refractivity contribution in [1.29, 1.82) is 0 Å². The van der Waals surface area contributed by atoms with Crippen molar-refractivity contribution in [2.45, 2.75) is 26.9 Å². The number of nitrogens with one attached hydrogen (secondary N) is 1. The SMILES string of the molecule is Cc1cc(C(=O)Nc2cccc(CN3CCSCC3)c2)c(C)n1Cc1cccs1. The van der Waals surface area contributed by atoms with E-state index in [0.29, 0.717) is 0 Å². The van der Waals surface area contributed by atoms with Gasteiger partial charge in [0, 0.05) is 53.1 Å². The number of rotatable bonds is 6. The molecule has 1 aliphatic rings. The van der Waals surface area contributed by atoms with E-state index < -0.39 is 0 Å². The van der Waals surface area contributed by atoms with Gasteiger partial charge in [-0.05, 0) is 49.1 Å². The van der Waals surface area contributed by atoms with Gasteiger partial charge in [-0.1, -0.05) is 18.2 Å². The molecule has 0 aliphatic carbocycles. The summed E-state index contributed by atoms with van der Waals surface area (Å²) in [5, 5.41) is 5.19. The molecule has 4 rings (SSSR count). The van der Waals surface area contributed by atoms with E-state index in [-0.39, 0.29) is 5.91 Å². The molecule has 1 saturated heterocycles. The number of thioether (sulfide) groups is 1. The Kier molecular flexibility index (Phi) is 6.43. The number of aryl methyl sites for hydroxylation is 1. The molecule has 1 aromatic carbocycles. The number of carbonyl (C=O) groups is 1. The number of hydrogen-bond donors (Lipinski definition) is 1. The highest BCUT2D eigenvalue weighted by Gasteiger charge is 2.17. The maximum atomic E-state index is 13.0. The summed E-state index contributed by atoms with van der Waals surface area (Å²) in [6, 6.07) is 14.4. The van der Waals surface area contributed by atoms with Crippen LogP contribution in [-0.4, -0.2) is 40.0 Å². The Balaban J connectivity index is 1.46. The number of thiophene rings is 1. The normalized spacial score (nSPS) is 14.8. The minimum absolute atomic E-state index is 0.0398. The zero-order valence-corrected chi connectivity index (χ0v) is 18.6. The number of benzene rings is 1. The minimum Gasteiger partial charge on any atom is -0.343 e. The lowest BCUT2D eigenvalue weighted by atomic mass is 10.1. The summed E-state index contributed by atoms with van der Waals surface area (Å²) >= 11 is 3.77. The summed E-state index contributed by atoms with van der Waals surface area (Å²) in [5.41, 5.74) is 4.98. The van der Waals surface area contributed by atoms with Crippen LogP contribution in [0.5, 0.6) is 0 Å². The van der Waals surface area contributed by atoms with Crippen LogP contribution in [-0.2, 0) is 13.1 Å². The largest absolute Gasteiger partial charge is 0.343 e. The van der Waals surface area contributed by atoms with Gasteiger partial charge in [-0.15, -0.1) is 11.3 Å². The Morgan fingerprint density at radius 2 is 1.90 bits per heavy atom. The van der Waals surface area contributed by atoms with E-state index in [1.165, 1.54) is 21.9 Å². The Bertz CT molecular complexity index is 972. The number of aromatic nitrogens is 1. The average Bonchev–Trinajstić information content (AvgIpc) is 3.33. The number of nitrogens with zero attached hydrogens (tertiary/aromatic N) is 2. The van der Waals surface area contributed by atoms with Gasteiger partial charge in [-0.25, -0.2) is 0 Å². The molecule has 0 saturated carbocycles. The smallest absolute Gasteiger partial charge is 0.257 e. The van der Waals surface area contributed by atoms with Gasteiger partial charge in [0.05, 0.1) is 12.1 Å². The summed E-state index contributed by atoms with van der Waals surface area (Å²) in [6.45, 7) is 8.12. The highest BCUT2D eigenvalue weighted by molar-refractivity contribution is 7.99. The molecule has 4 nitrogen and oxygen atoms in total. The molecular formula is C23H27N3OS2. The van der Waals surface area contributed by atoms with Crippen molar-refractivity contribution < 1.29 is 4.79 Å². The maximum Gasteiger partial charge on any atom is 0.257 e. The van der Waals surface area contributed by atoms with E-state index in [9.17, 15) is 4.79 Å². The Hall–Kier alpha value is -2.02. The second kappa shape index (κ2) is 9.20. The van der Waals surface area contributed by atoms with Crippen LogP contribution in [0.25, 0.3) is 0 Å². The van der Waals surface area contributed by atoms with Crippen LogP contribution in [0.3, 0.4) is 0 Å². The highest BCUT2D eigenvalue weighted by Crippen LogP contribution is 2.21. The molecule has 0 unspecified atom stereocenters. The van der Waals surface area contributed by atoms with Crippen molar-refractivity contribution in [2.24, 2.45) is 0 Å². The third-order valence-electron chi connectivity index (χ3n) is 5.41. The quantitative estimate of drug-likeness (QED) is 0.603. The molecule has 6 heteroatoms. The van der Waals surface area contributed by atoms with Gasteiger partial charge < -0.3 is 9.88 Å². The summed E-state index contributed by atoms with van der Waals surface area (Å²) in [5.74, 6) is 2.37. The second-order valence-corrected chi connectivity index (χ2v) is 9.75. The molecule has 0 radical (unpaired) electrons. The molecule has 1 amide bonds. The van der Waals surface area contributed by atoms with E-state index in [1.54, 1.807) is 11.3 Å². The molecule has 1 fully saturated rings. The summed E-state index contributed by atoms with van der Waals surface area (Å²) < 4.78 is 2.21. The van der Waals surface area contributed by atoms with Gasteiger partial charge in [-0.3, -0.25) is 9.69 Å². The predicted octanol–water partition coefficient (Wildman–Crippen LogP) is 5.02. The molecule has 0 bridgehead atoms. The van der Waals surface area contributed by atoms with Gasteiger partial charge in [0.15, 0.2) is 0 Å². The van der Waals surface area contributed by atoms with E-state index in [1.807, 2.05) is 36.9 Å². The predicted molar refractivity (Wildman–Crippen MR) is 124 cm³/mol. The molecule has 1 N–H and O–H groups in total. The number of hydrogen-bond acceptors (Lipinski definition) is 4. The van der Waals surface area contributed by atoms with Gasteiger partial charge in [0.25, 0.3) is 5.91 Å². The van der Waals surface area contributed by atoms with Gasteiger partial charge in [0.1, 0.15) is 0 Å². The molecular weight excluding hydrogens is 398 g/mol. The molecule has 0 spiro atoms. The van der Waals surface area contributed by atoms with Crippen LogP contribution in [0.4, 0.5) is 5.69 Å². The first-order valence-corrected chi connectivity index (χ1v) is 12.0. The number of amides is 1. The van der Waals surface area contributed by atoms with Crippen molar-refractivity contribution in [3.05, 3.63) is 75.2 Å². The lowest BCUT2D eigenvalue weighted by Gasteiger charge is -2.26. The number of carbonyl (C=O) groups excluding carboxylic acids is 1. The van der Waals surface area contributed by atoms with Crippen molar-refractivity contribution in [3.8, 4) is 0 Å². The first-order chi connectivity index (χ1) is 14.1. The topological polar surface area (TPSA) is 37.3 Å². The summed E-state index contributed by atoms with van der Waals surface area (Å²) in [6.07, 6.45) is 0. The van der Waals surface area contributed by atoms with Gasteiger partial charge in [0.2, 0.25) is 0 Å². The van der Waals surface area contributed by atoms with E-state index in [2.05, 4.69) is 51.4 Å². The van der Waals surface area contributed by atoms with Crippen molar-refractivity contribution in [1.82, 2.24) is 9.47 Å². The van der Waals surface area contributed by atoms with Crippen molar-refractivity contribution >= 4 is 34.7 Å². The van der Waals surface area contributed by atoms with E-state index in [0.717, 1.165) is 48.8 Å². The molecule has 0 atom stereocenters. The van der Waals surface area contributed by atoms with Crippen LogP contribution in [0.1, 0.15) is 32.2 Å². The zero-order chi connectivity index (χ0) is 20.2. The lowest BCUT2D eigenvalue weighted by molar-refractivity contribution is 0.102.